The fourth-order valence-electron chi connectivity index (χ4n) is 2.47. The zero-order valence-corrected chi connectivity index (χ0v) is 17.2. The number of nitrogens with one attached hydrogen (secondary N) is 1. The van der Waals surface area contributed by atoms with Crippen LogP contribution in [-0.2, 0) is 12.8 Å². The summed E-state index contributed by atoms with van der Waals surface area (Å²) >= 11 is 7.38. The highest BCUT2D eigenvalue weighted by atomic mass is 35.5. The number of thioether (sulfide) groups is 1. The molecule has 9 heteroatoms. The number of rotatable bonds is 7. The second-order valence-corrected chi connectivity index (χ2v) is 7.19. The van der Waals surface area contributed by atoms with Crippen LogP contribution in [0.1, 0.15) is 5.56 Å². The molecule has 3 rings (SSSR count). The summed E-state index contributed by atoms with van der Waals surface area (Å²) in [5, 5.41) is 12.2. The molecule has 0 aliphatic heterocycles. The Morgan fingerprint density at radius 1 is 1.11 bits per heavy atom. The SMILES string of the molecule is COc1ccc(CSc2nnc(Nc3cccc(Cl)c3)c(=O)n2C)cc1OC. The summed E-state index contributed by atoms with van der Waals surface area (Å²) in [6.07, 6.45) is 0. The van der Waals surface area contributed by atoms with E-state index in [0.717, 1.165) is 5.56 Å². The third kappa shape index (κ3) is 4.58. The van der Waals surface area contributed by atoms with Crippen molar-refractivity contribution in [2.24, 2.45) is 7.05 Å². The standard InChI is InChI=1S/C19H19ClN4O3S/c1-24-18(25)17(21-14-6-4-5-13(20)10-14)22-23-19(24)28-11-12-7-8-15(26-2)16(9-12)27-3/h4-10H,11H2,1-3H3,(H,21,22). The first kappa shape index (κ1) is 20.0. The minimum Gasteiger partial charge on any atom is -0.493 e. The molecule has 7 nitrogen and oxygen atoms in total. The molecule has 3 aromatic rings. The van der Waals surface area contributed by atoms with Crippen molar-refractivity contribution in [3.8, 4) is 11.5 Å². The van der Waals surface area contributed by atoms with Gasteiger partial charge in [-0.2, -0.15) is 0 Å². The van der Waals surface area contributed by atoms with E-state index in [-0.39, 0.29) is 11.4 Å². The van der Waals surface area contributed by atoms with Crippen molar-refractivity contribution < 1.29 is 9.47 Å². The molecule has 0 saturated carbocycles. The average Bonchev–Trinajstić information content (AvgIpc) is 2.70. The maximum atomic E-state index is 12.6. The van der Waals surface area contributed by atoms with Gasteiger partial charge in [0.25, 0.3) is 5.56 Å². The summed E-state index contributed by atoms with van der Waals surface area (Å²) in [4.78, 5) is 12.6. The smallest absolute Gasteiger partial charge is 0.297 e. The molecule has 2 aromatic carbocycles. The van der Waals surface area contributed by atoms with Crippen LogP contribution in [0, 0.1) is 0 Å². The first-order valence-electron chi connectivity index (χ1n) is 8.32. The van der Waals surface area contributed by atoms with Crippen molar-refractivity contribution in [2.75, 3.05) is 19.5 Å². The van der Waals surface area contributed by atoms with Crippen LogP contribution in [0.5, 0.6) is 11.5 Å². The van der Waals surface area contributed by atoms with Crippen LogP contribution >= 0.6 is 23.4 Å². The lowest BCUT2D eigenvalue weighted by molar-refractivity contribution is 0.354. The van der Waals surface area contributed by atoms with Gasteiger partial charge in [0, 0.05) is 23.5 Å². The summed E-state index contributed by atoms with van der Waals surface area (Å²) in [7, 11) is 4.85. The maximum absolute atomic E-state index is 12.6. The van der Waals surface area contributed by atoms with Crippen molar-refractivity contribution in [3.63, 3.8) is 0 Å². The number of halogens is 1. The van der Waals surface area contributed by atoms with Crippen molar-refractivity contribution in [1.82, 2.24) is 14.8 Å². The lowest BCUT2D eigenvalue weighted by Gasteiger charge is -2.11. The highest BCUT2D eigenvalue weighted by molar-refractivity contribution is 7.98. The van der Waals surface area contributed by atoms with Gasteiger partial charge in [0.05, 0.1) is 14.2 Å². The number of anilines is 2. The lowest BCUT2D eigenvalue weighted by atomic mass is 10.2. The predicted octanol–water partition coefficient (Wildman–Crippen LogP) is 3.88. The summed E-state index contributed by atoms with van der Waals surface area (Å²) in [5.74, 6) is 2.06. The van der Waals surface area contributed by atoms with E-state index in [1.165, 1.54) is 16.3 Å². The molecule has 146 valence electrons. The van der Waals surface area contributed by atoms with Crippen LogP contribution in [0.15, 0.2) is 52.4 Å². The summed E-state index contributed by atoms with van der Waals surface area (Å²) in [6.45, 7) is 0. The second-order valence-electron chi connectivity index (χ2n) is 5.81. The molecule has 0 radical (unpaired) electrons. The molecule has 0 aliphatic carbocycles. The molecule has 1 heterocycles. The van der Waals surface area contributed by atoms with E-state index in [9.17, 15) is 4.79 Å². The quantitative estimate of drug-likeness (QED) is 0.583. The Balaban J connectivity index is 1.75. The van der Waals surface area contributed by atoms with E-state index in [2.05, 4.69) is 15.5 Å². The van der Waals surface area contributed by atoms with E-state index < -0.39 is 0 Å². The van der Waals surface area contributed by atoms with Gasteiger partial charge in [-0.25, -0.2) is 0 Å². The molecule has 0 amide bonds. The van der Waals surface area contributed by atoms with Crippen molar-refractivity contribution in [1.29, 1.82) is 0 Å². The normalized spacial score (nSPS) is 10.6. The number of nitrogens with zero attached hydrogens (tertiary/aromatic N) is 3. The van der Waals surface area contributed by atoms with Gasteiger partial charge < -0.3 is 14.8 Å². The number of hydrogen-bond acceptors (Lipinski definition) is 7. The molecule has 1 N–H and O–H groups in total. The molecule has 0 saturated heterocycles. The number of benzene rings is 2. The predicted molar refractivity (Wildman–Crippen MR) is 111 cm³/mol. The molecule has 1 aromatic heterocycles. The van der Waals surface area contributed by atoms with Gasteiger partial charge in [-0.1, -0.05) is 35.5 Å². The van der Waals surface area contributed by atoms with E-state index in [1.807, 2.05) is 18.2 Å². The van der Waals surface area contributed by atoms with E-state index >= 15 is 0 Å². The van der Waals surface area contributed by atoms with Gasteiger partial charge in [-0.3, -0.25) is 9.36 Å². The number of ether oxygens (including phenoxy) is 2. The number of aromatic nitrogens is 3. The monoisotopic (exact) mass is 418 g/mol. The Kier molecular flexibility index (Phi) is 6.43. The molecule has 28 heavy (non-hydrogen) atoms. The van der Waals surface area contributed by atoms with Crippen LogP contribution < -0.4 is 20.3 Å². The Morgan fingerprint density at radius 3 is 2.61 bits per heavy atom. The van der Waals surface area contributed by atoms with E-state index in [1.54, 1.807) is 45.5 Å². The molecule has 0 unspecified atom stereocenters. The molecule has 0 fully saturated rings. The molecule has 0 atom stereocenters. The average molecular weight is 419 g/mol. The number of methoxy groups -OCH3 is 2. The Morgan fingerprint density at radius 2 is 1.89 bits per heavy atom. The van der Waals surface area contributed by atoms with Gasteiger partial charge >= 0.3 is 0 Å². The van der Waals surface area contributed by atoms with E-state index in [4.69, 9.17) is 21.1 Å². The minimum atomic E-state index is -0.273. The van der Waals surface area contributed by atoms with Crippen molar-refractivity contribution in [2.45, 2.75) is 10.9 Å². The number of hydrogen-bond donors (Lipinski definition) is 1. The maximum Gasteiger partial charge on any atom is 0.297 e. The van der Waals surface area contributed by atoms with Crippen LogP contribution in [0.25, 0.3) is 0 Å². The zero-order valence-electron chi connectivity index (χ0n) is 15.6. The first-order valence-corrected chi connectivity index (χ1v) is 9.68. The van der Waals surface area contributed by atoms with Crippen LogP contribution in [0.4, 0.5) is 11.5 Å². The largest absolute Gasteiger partial charge is 0.493 e. The Hall–Kier alpha value is -2.71. The lowest BCUT2D eigenvalue weighted by Crippen LogP contribution is -2.24. The third-order valence-electron chi connectivity index (χ3n) is 3.93. The van der Waals surface area contributed by atoms with Crippen molar-refractivity contribution in [3.05, 3.63) is 63.4 Å². The fraction of sp³-hybridized carbons (Fsp3) is 0.211. The Labute approximate surface area is 171 Å². The first-order chi connectivity index (χ1) is 13.5. The van der Waals surface area contributed by atoms with Gasteiger partial charge in [-0.15, -0.1) is 10.2 Å². The minimum absolute atomic E-state index is 0.139. The van der Waals surface area contributed by atoms with E-state index in [0.29, 0.717) is 33.1 Å². The third-order valence-corrected chi connectivity index (χ3v) is 5.26. The summed E-state index contributed by atoms with van der Waals surface area (Å²) in [5.41, 5.74) is 1.41. The Bertz CT molecular complexity index is 1040. The molecule has 0 aliphatic rings. The summed E-state index contributed by atoms with van der Waals surface area (Å²) < 4.78 is 12.0. The van der Waals surface area contributed by atoms with Crippen LogP contribution in [0.3, 0.4) is 0 Å². The fourth-order valence-corrected chi connectivity index (χ4v) is 3.51. The van der Waals surface area contributed by atoms with Crippen molar-refractivity contribution >= 4 is 34.9 Å². The van der Waals surface area contributed by atoms with Crippen LogP contribution in [-0.4, -0.2) is 29.0 Å². The molecular formula is C19H19ClN4O3S. The molecular weight excluding hydrogens is 400 g/mol. The highest BCUT2D eigenvalue weighted by Crippen LogP contribution is 2.30. The highest BCUT2D eigenvalue weighted by Gasteiger charge is 2.11. The van der Waals surface area contributed by atoms with Gasteiger partial charge in [0.2, 0.25) is 5.82 Å². The van der Waals surface area contributed by atoms with Gasteiger partial charge in [0.1, 0.15) is 0 Å². The van der Waals surface area contributed by atoms with Crippen LogP contribution in [0.2, 0.25) is 5.02 Å². The second kappa shape index (κ2) is 8.99. The molecule has 0 bridgehead atoms. The summed E-state index contributed by atoms with van der Waals surface area (Å²) in [6, 6.07) is 12.7. The zero-order chi connectivity index (χ0) is 20.1. The van der Waals surface area contributed by atoms with Gasteiger partial charge in [-0.05, 0) is 35.9 Å². The topological polar surface area (TPSA) is 78.3 Å². The van der Waals surface area contributed by atoms with Gasteiger partial charge in [0.15, 0.2) is 16.7 Å². The molecule has 0 spiro atoms.